The molecule has 1 heterocycles. The fourth-order valence-corrected chi connectivity index (χ4v) is 2.56. The second-order valence-electron chi connectivity index (χ2n) is 5.10. The van der Waals surface area contributed by atoms with Crippen LogP contribution in [0, 0.1) is 5.92 Å². The van der Waals surface area contributed by atoms with Crippen LogP contribution in [0.2, 0.25) is 0 Å². The maximum Gasteiger partial charge on any atom is 0.219 e. The van der Waals surface area contributed by atoms with Crippen LogP contribution in [0.25, 0.3) is 0 Å². The van der Waals surface area contributed by atoms with Gasteiger partial charge in [0, 0.05) is 31.5 Å². The molecule has 0 atom stereocenters. The molecule has 0 unspecified atom stereocenters. The number of methoxy groups -OCH3 is 1. The normalized spacial score (nSPS) is 16.0. The van der Waals surface area contributed by atoms with E-state index in [0.29, 0.717) is 42.9 Å². The monoisotopic (exact) mass is 276 g/mol. The highest BCUT2D eigenvalue weighted by atomic mass is 16.5. The number of ketones is 1. The highest BCUT2D eigenvalue weighted by Gasteiger charge is 2.27. The minimum absolute atomic E-state index is 0.0288. The van der Waals surface area contributed by atoms with E-state index < -0.39 is 0 Å². The predicted molar refractivity (Wildman–Crippen MR) is 76.7 cm³/mol. The number of nitrogens with zero attached hydrogens (tertiary/aromatic N) is 1. The molecule has 1 aliphatic heterocycles. The molecule has 1 amide bonds. The van der Waals surface area contributed by atoms with E-state index in [-0.39, 0.29) is 17.6 Å². The Kier molecular flexibility index (Phi) is 4.27. The molecule has 0 aromatic heterocycles. The Labute approximate surface area is 118 Å². The quantitative estimate of drug-likeness (QED) is 0.674. The van der Waals surface area contributed by atoms with E-state index in [1.54, 1.807) is 30.0 Å². The van der Waals surface area contributed by atoms with Crippen LogP contribution in [0.1, 0.15) is 30.1 Å². The number of hydrogen-bond donors (Lipinski definition) is 1. The van der Waals surface area contributed by atoms with Crippen molar-refractivity contribution < 1.29 is 14.3 Å². The summed E-state index contributed by atoms with van der Waals surface area (Å²) in [5.41, 5.74) is 6.90. The first-order valence-corrected chi connectivity index (χ1v) is 6.76. The molecule has 2 rings (SSSR count). The Bertz CT molecular complexity index is 520. The largest absolute Gasteiger partial charge is 0.495 e. The lowest BCUT2D eigenvalue weighted by Gasteiger charge is -2.30. The molecule has 5 heteroatoms. The maximum atomic E-state index is 12.5. The molecule has 0 radical (unpaired) electrons. The van der Waals surface area contributed by atoms with E-state index in [0.717, 1.165) is 0 Å². The van der Waals surface area contributed by atoms with E-state index in [4.69, 9.17) is 10.5 Å². The molecule has 0 saturated carbocycles. The lowest BCUT2D eigenvalue weighted by Crippen LogP contribution is -2.39. The van der Waals surface area contributed by atoms with Gasteiger partial charge in [-0.2, -0.15) is 0 Å². The van der Waals surface area contributed by atoms with Crippen molar-refractivity contribution in [1.29, 1.82) is 0 Å². The fraction of sp³-hybridized carbons (Fsp3) is 0.467. The number of likely N-dealkylation sites (tertiary alicyclic amines) is 1. The van der Waals surface area contributed by atoms with Gasteiger partial charge in [-0.15, -0.1) is 0 Å². The summed E-state index contributed by atoms with van der Waals surface area (Å²) in [7, 11) is 1.53. The molecule has 5 nitrogen and oxygen atoms in total. The molecule has 1 aromatic rings. The van der Waals surface area contributed by atoms with Crippen LogP contribution in [0.15, 0.2) is 18.2 Å². The van der Waals surface area contributed by atoms with Gasteiger partial charge in [-0.1, -0.05) is 0 Å². The molecule has 1 aliphatic rings. The first-order chi connectivity index (χ1) is 9.52. The topological polar surface area (TPSA) is 72.6 Å². The van der Waals surface area contributed by atoms with E-state index in [2.05, 4.69) is 0 Å². The van der Waals surface area contributed by atoms with E-state index >= 15 is 0 Å². The Morgan fingerprint density at radius 3 is 2.50 bits per heavy atom. The third-order valence-electron chi connectivity index (χ3n) is 3.83. The third kappa shape index (κ3) is 2.92. The summed E-state index contributed by atoms with van der Waals surface area (Å²) in [5, 5.41) is 0. The molecule has 1 fully saturated rings. The number of carbonyl (C=O) groups excluding carboxylic acids is 2. The lowest BCUT2D eigenvalue weighted by molar-refractivity contribution is -0.130. The summed E-state index contributed by atoms with van der Waals surface area (Å²) in [5.74, 6) is 0.674. The number of Topliss-reactive ketones (excluding diaryl/α,β-unsaturated/α-hetero) is 1. The van der Waals surface area contributed by atoms with Gasteiger partial charge in [0.2, 0.25) is 5.91 Å². The summed E-state index contributed by atoms with van der Waals surface area (Å²) < 4.78 is 5.14. The van der Waals surface area contributed by atoms with Crippen LogP contribution < -0.4 is 10.5 Å². The number of hydrogen-bond acceptors (Lipinski definition) is 4. The number of nitrogen functional groups attached to an aromatic ring is 1. The SMILES string of the molecule is COc1cc(C(=O)C2CCN(C(C)=O)CC2)ccc1N. The van der Waals surface area contributed by atoms with E-state index in [1.165, 1.54) is 7.11 Å². The molecule has 2 N–H and O–H groups in total. The van der Waals surface area contributed by atoms with Gasteiger partial charge in [-0.25, -0.2) is 0 Å². The first kappa shape index (κ1) is 14.4. The lowest BCUT2D eigenvalue weighted by atomic mass is 9.88. The van der Waals surface area contributed by atoms with Gasteiger partial charge in [0.25, 0.3) is 0 Å². The number of anilines is 1. The molecule has 0 spiro atoms. The number of nitrogens with two attached hydrogens (primary N) is 1. The van der Waals surface area contributed by atoms with E-state index in [9.17, 15) is 9.59 Å². The van der Waals surface area contributed by atoms with Gasteiger partial charge in [-0.3, -0.25) is 9.59 Å². The zero-order valence-electron chi connectivity index (χ0n) is 11.9. The number of ether oxygens (including phenoxy) is 1. The van der Waals surface area contributed by atoms with Crippen molar-refractivity contribution in [3.8, 4) is 5.75 Å². The van der Waals surface area contributed by atoms with E-state index in [1.807, 2.05) is 0 Å². The highest BCUT2D eigenvalue weighted by Crippen LogP contribution is 2.27. The average Bonchev–Trinajstić information content (AvgIpc) is 2.47. The standard InChI is InChI=1S/C15H20N2O3/c1-10(18)17-7-5-11(6-8-17)15(19)12-3-4-13(16)14(9-12)20-2/h3-4,9,11H,5-8,16H2,1-2H3. The summed E-state index contributed by atoms with van der Waals surface area (Å²) in [4.78, 5) is 25.5. The summed E-state index contributed by atoms with van der Waals surface area (Å²) >= 11 is 0. The Balaban J connectivity index is 2.07. The fourth-order valence-electron chi connectivity index (χ4n) is 2.56. The van der Waals surface area contributed by atoms with Gasteiger partial charge >= 0.3 is 0 Å². The average molecular weight is 276 g/mol. The predicted octanol–water partition coefficient (Wildman–Crippen LogP) is 1.72. The second-order valence-corrected chi connectivity index (χ2v) is 5.10. The molecular weight excluding hydrogens is 256 g/mol. The molecule has 1 aromatic carbocycles. The Morgan fingerprint density at radius 2 is 1.95 bits per heavy atom. The molecule has 0 bridgehead atoms. The van der Waals surface area contributed by atoms with Crippen molar-refractivity contribution in [2.45, 2.75) is 19.8 Å². The minimum atomic E-state index is -0.0288. The molecule has 108 valence electrons. The molecule has 20 heavy (non-hydrogen) atoms. The number of carbonyl (C=O) groups is 2. The number of amides is 1. The number of rotatable bonds is 3. The Morgan fingerprint density at radius 1 is 1.30 bits per heavy atom. The smallest absolute Gasteiger partial charge is 0.219 e. The van der Waals surface area contributed by atoms with Crippen molar-refractivity contribution in [1.82, 2.24) is 4.90 Å². The number of piperidine rings is 1. The van der Waals surface area contributed by atoms with Gasteiger partial charge < -0.3 is 15.4 Å². The van der Waals surface area contributed by atoms with Gasteiger partial charge in [0.05, 0.1) is 12.8 Å². The first-order valence-electron chi connectivity index (χ1n) is 6.76. The van der Waals surface area contributed by atoms with Crippen LogP contribution in [0.5, 0.6) is 5.75 Å². The van der Waals surface area contributed by atoms with Crippen LogP contribution in [-0.4, -0.2) is 36.8 Å². The third-order valence-corrected chi connectivity index (χ3v) is 3.83. The molecule has 1 saturated heterocycles. The Hall–Kier alpha value is -2.04. The van der Waals surface area contributed by atoms with Gasteiger partial charge in [0.1, 0.15) is 5.75 Å². The van der Waals surface area contributed by atoms with Crippen molar-refractivity contribution in [3.05, 3.63) is 23.8 Å². The second kappa shape index (κ2) is 5.94. The highest BCUT2D eigenvalue weighted by molar-refractivity contribution is 5.98. The van der Waals surface area contributed by atoms with Crippen molar-refractivity contribution in [3.63, 3.8) is 0 Å². The summed E-state index contributed by atoms with van der Waals surface area (Å²) in [6, 6.07) is 5.11. The van der Waals surface area contributed by atoms with Crippen LogP contribution in [-0.2, 0) is 4.79 Å². The van der Waals surface area contributed by atoms with Crippen LogP contribution in [0.4, 0.5) is 5.69 Å². The summed E-state index contributed by atoms with van der Waals surface area (Å²) in [6.45, 7) is 2.86. The zero-order chi connectivity index (χ0) is 14.7. The van der Waals surface area contributed by atoms with Gasteiger partial charge in [-0.05, 0) is 31.0 Å². The molecule has 0 aliphatic carbocycles. The maximum absolute atomic E-state index is 12.5. The molecular formula is C15H20N2O3. The zero-order valence-corrected chi connectivity index (χ0v) is 11.9. The van der Waals surface area contributed by atoms with Crippen LogP contribution >= 0.6 is 0 Å². The number of benzene rings is 1. The summed E-state index contributed by atoms with van der Waals surface area (Å²) in [6.07, 6.45) is 1.43. The van der Waals surface area contributed by atoms with Crippen LogP contribution in [0.3, 0.4) is 0 Å². The van der Waals surface area contributed by atoms with Crippen molar-refractivity contribution in [2.24, 2.45) is 5.92 Å². The van der Waals surface area contributed by atoms with Crippen molar-refractivity contribution in [2.75, 3.05) is 25.9 Å². The minimum Gasteiger partial charge on any atom is -0.495 e. The van der Waals surface area contributed by atoms with Crippen molar-refractivity contribution >= 4 is 17.4 Å². The van der Waals surface area contributed by atoms with Gasteiger partial charge in [0.15, 0.2) is 5.78 Å².